The van der Waals surface area contributed by atoms with Crippen molar-refractivity contribution < 1.29 is 13.9 Å². The lowest BCUT2D eigenvalue weighted by molar-refractivity contribution is 0.0617. The minimum Gasteiger partial charge on any atom is -0.480 e. The highest BCUT2D eigenvalue weighted by Gasteiger charge is 2.37. The van der Waals surface area contributed by atoms with Gasteiger partial charge in [0.05, 0.1) is 16.6 Å². The van der Waals surface area contributed by atoms with E-state index in [0.717, 1.165) is 17.7 Å². The summed E-state index contributed by atoms with van der Waals surface area (Å²) in [6.07, 6.45) is 1.39. The molecule has 0 saturated heterocycles. The number of carbonyl (C=O) groups is 1. The molecule has 0 amide bonds. The van der Waals surface area contributed by atoms with Crippen molar-refractivity contribution in [3.63, 3.8) is 0 Å². The Morgan fingerprint density at radius 1 is 1.17 bits per heavy atom. The zero-order valence-corrected chi connectivity index (χ0v) is 13.7. The fourth-order valence-electron chi connectivity index (χ4n) is 3.64. The number of rotatable bonds is 1. The van der Waals surface area contributed by atoms with Gasteiger partial charge in [0.15, 0.2) is 5.75 Å². The fraction of sp³-hybridized carbons (Fsp3) is 0.250. The minimum atomic E-state index is -0.535. The van der Waals surface area contributed by atoms with Crippen molar-refractivity contribution >= 4 is 16.8 Å². The molecule has 24 heavy (non-hydrogen) atoms. The summed E-state index contributed by atoms with van der Waals surface area (Å²) in [5.41, 5.74) is 1.85. The lowest BCUT2D eigenvalue weighted by Crippen LogP contribution is -2.34. The third kappa shape index (κ3) is 2.06. The number of hydrogen-bond donors (Lipinski definition) is 0. The van der Waals surface area contributed by atoms with Crippen molar-refractivity contribution in [3.8, 4) is 5.75 Å². The number of ether oxygens (including phenoxy) is 1. The number of hydrogen-bond acceptors (Lipinski definition) is 2. The molecule has 0 N–H and O–H groups in total. The molecule has 1 aliphatic rings. The van der Waals surface area contributed by atoms with Gasteiger partial charge >= 0.3 is 0 Å². The topological polar surface area (TPSA) is 31.2 Å². The van der Waals surface area contributed by atoms with Gasteiger partial charge < -0.3 is 4.74 Å². The van der Waals surface area contributed by atoms with Gasteiger partial charge in [-0.1, -0.05) is 36.4 Å². The Morgan fingerprint density at radius 2 is 1.92 bits per heavy atom. The average Bonchev–Trinajstić information content (AvgIpc) is 2.90. The zero-order valence-electron chi connectivity index (χ0n) is 13.7. The molecule has 2 aromatic carbocycles. The van der Waals surface area contributed by atoms with Crippen LogP contribution in [0.1, 0.15) is 36.3 Å². The maximum atomic E-state index is 14.5. The van der Waals surface area contributed by atoms with Gasteiger partial charge in [0, 0.05) is 6.92 Å². The largest absolute Gasteiger partial charge is 0.480 e. The van der Waals surface area contributed by atoms with Gasteiger partial charge in [-0.05, 0) is 37.5 Å². The Labute approximate surface area is 139 Å². The molecule has 3 nitrogen and oxygen atoms in total. The van der Waals surface area contributed by atoms with Crippen LogP contribution in [0.5, 0.6) is 5.75 Å². The molecular weight excluding hydrogens is 305 g/mol. The smallest absolute Gasteiger partial charge is 0.228 e. The number of carbonyl (C=O) groups excluding carboxylic acids is 1. The van der Waals surface area contributed by atoms with Crippen LogP contribution in [0.15, 0.2) is 48.5 Å². The maximum absolute atomic E-state index is 14.5. The van der Waals surface area contributed by atoms with Crippen LogP contribution in [0, 0.1) is 5.82 Å². The van der Waals surface area contributed by atoms with E-state index in [1.54, 1.807) is 16.7 Å². The first-order valence-corrected chi connectivity index (χ1v) is 8.08. The monoisotopic (exact) mass is 323 g/mol. The van der Waals surface area contributed by atoms with Gasteiger partial charge in [-0.15, -0.1) is 0 Å². The molecule has 0 saturated carbocycles. The molecule has 1 atom stereocenters. The van der Waals surface area contributed by atoms with Crippen LogP contribution in [0.2, 0.25) is 0 Å². The van der Waals surface area contributed by atoms with E-state index in [1.807, 2.05) is 37.3 Å². The van der Waals surface area contributed by atoms with Crippen molar-refractivity contribution in [2.24, 2.45) is 0 Å². The summed E-state index contributed by atoms with van der Waals surface area (Å²) in [6, 6.07) is 14.7. The number of halogens is 1. The quantitative estimate of drug-likeness (QED) is 0.651. The summed E-state index contributed by atoms with van der Waals surface area (Å²) < 4.78 is 22.4. The molecule has 1 aliphatic heterocycles. The first kappa shape index (κ1) is 14.9. The molecule has 122 valence electrons. The molecule has 0 aliphatic carbocycles. The first-order valence-electron chi connectivity index (χ1n) is 8.08. The summed E-state index contributed by atoms with van der Waals surface area (Å²) in [6.45, 7) is 3.51. The van der Waals surface area contributed by atoms with Gasteiger partial charge in [-0.25, -0.2) is 4.39 Å². The van der Waals surface area contributed by atoms with Gasteiger partial charge in [-0.2, -0.15) is 0 Å². The predicted octanol–water partition coefficient (Wildman–Crippen LogP) is 4.68. The van der Waals surface area contributed by atoms with Gasteiger partial charge in [-0.3, -0.25) is 9.36 Å². The van der Waals surface area contributed by atoms with Crippen molar-refractivity contribution in [3.05, 3.63) is 65.6 Å². The third-order valence-corrected chi connectivity index (χ3v) is 4.86. The zero-order chi connectivity index (χ0) is 16.9. The van der Waals surface area contributed by atoms with Gasteiger partial charge in [0.25, 0.3) is 0 Å². The summed E-state index contributed by atoms with van der Waals surface area (Å²) in [5.74, 6) is 0.00993. The molecule has 4 rings (SSSR count). The first-order chi connectivity index (χ1) is 11.5. The number of benzene rings is 2. The van der Waals surface area contributed by atoms with Crippen molar-refractivity contribution in [1.29, 1.82) is 0 Å². The second-order valence-corrected chi connectivity index (χ2v) is 6.46. The standard InChI is InChI=1S/C20H18FNO2/c1-13(23)22-16-10-6-9-15(21)18(16)19-17(22)11-12-20(2,24-19)14-7-4-3-5-8-14/h3-10H,11-12H2,1-2H3. The molecule has 0 bridgehead atoms. The van der Waals surface area contributed by atoms with Gasteiger partial charge in [0.2, 0.25) is 5.91 Å². The van der Waals surface area contributed by atoms with Crippen molar-refractivity contribution in [2.75, 3.05) is 0 Å². The lowest BCUT2D eigenvalue weighted by Gasteiger charge is -2.35. The van der Waals surface area contributed by atoms with Crippen LogP contribution in [0.3, 0.4) is 0 Å². The normalized spacial score (nSPS) is 19.8. The SMILES string of the molecule is CC(=O)n1c2c(c3c(F)cccc31)OC(C)(c1ccccc1)CC2. The highest BCUT2D eigenvalue weighted by atomic mass is 19.1. The van der Waals surface area contributed by atoms with E-state index >= 15 is 0 Å². The average molecular weight is 323 g/mol. The molecule has 3 aromatic rings. The molecule has 2 heterocycles. The molecule has 0 spiro atoms. The summed E-state index contributed by atoms with van der Waals surface area (Å²) in [5, 5.41) is 0.393. The Bertz CT molecular complexity index is 945. The van der Waals surface area contributed by atoms with Crippen molar-refractivity contribution in [1.82, 2.24) is 4.57 Å². The summed E-state index contributed by atoms with van der Waals surface area (Å²) in [4.78, 5) is 12.1. The Hall–Kier alpha value is -2.62. The van der Waals surface area contributed by atoms with E-state index in [0.29, 0.717) is 23.1 Å². The van der Waals surface area contributed by atoms with E-state index in [-0.39, 0.29) is 11.7 Å². The van der Waals surface area contributed by atoms with E-state index in [4.69, 9.17) is 4.74 Å². The fourth-order valence-corrected chi connectivity index (χ4v) is 3.64. The summed E-state index contributed by atoms with van der Waals surface area (Å²) >= 11 is 0. The molecule has 1 aromatic heterocycles. The number of aromatic nitrogens is 1. The van der Waals surface area contributed by atoms with Gasteiger partial charge in [0.1, 0.15) is 11.4 Å². The lowest BCUT2D eigenvalue weighted by atomic mass is 9.88. The molecule has 4 heteroatoms. The highest BCUT2D eigenvalue weighted by Crippen LogP contribution is 2.45. The van der Waals surface area contributed by atoms with Crippen LogP contribution in [0.25, 0.3) is 10.9 Å². The minimum absolute atomic E-state index is 0.126. The molecule has 0 fully saturated rings. The summed E-state index contributed by atoms with van der Waals surface area (Å²) in [7, 11) is 0. The van der Waals surface area contributed by atoms with E-state index in [9.17, 15) is 9.18 Å². The second-order valence-electron chi connectivity index (χ2n) is 6.46. The van der Waals surface area contributed by atoms with E-state index in [1.165, 1.54) is 13.0 Å². The van der Waals surface area contributed by atoms with E-state index < -0.39 is 5.60 Å². The Balaban J connectivity index is 1.95. The van der Waals surface area contributed by atoms with E-state index in [2.05, 4.69) is 0 Å². The Morgan fingerprint density at radius 3 is 2.62 bits per heavy atom. The second kappa shape index (κ2) is 5.20. The van der Waals surface area contributed by atoms with Crippen LogP contribution >= 0.6 is 0 Å². The van der Waals surface area contributed by atoms with Crippen molar-refractivity contribution in [2.45, 2.75) is 32.3 Å². The van der Waals surface area contributed by atoms with Crippen LogP contribution in [-0.2, 0) is 12.0 Å². The molecule has 1 unspecified atom stereocenters. The third-order valence-electron chi connectivity index (χ3n) is 4.86. The number of nitrogens with zero attached hydrogens (tertiary/aromatic N) is 1. The maximum Gasteiger partial charge on any atom is 0.228 e. The molecular formula is C20H18FNO2. The Kier molecular flexibility index (Phi) is 3.23. The van der Waals surface area contributed by atoms with Crippen LogP contribution < -0.4 is 4.74 Å². The van der Waals surface area contributed by atoms with Crippen LogP contribution in [-0.4, -0.2) is 10.5 Å². The number of fused-ring (bicyclic) bond motifs is 3. The van der Waals surface area contributed by atoms with Crippen LogP contribution in [0.4, 0.5) is 4.39 Å². The highest BCUT2D eigenvalue weighted by molar-refractivity contribution is 5.97. The molecule has 0 radical (unpaired) electrons. The predicted molar refractivity (Wildman–Crippen MR) is 90.9 cm³/mol.